The van der Waals surface area contributed by atoms with Crippen LogP contribution in [0.1, 0.15) is 32.0 Å². The van der Waals surface area contributed by atoms with Crippen LogP contribution in [-0.2, 0) is 12.6 Å². The van der Waals surface area contributed by atoms with Crippen molar-refractivity contribution in [3.63, 3.8) is 0 Å². The molecule has 4 rings (SSSR count). The van der Waals surface area contributed by atoms with Crippen molar-refractivity contribution in [1.82, 2.24) is 4.98 Å². The summed E-state index contributed by atoms with van der Waals surface area (Å²) in [5.74, 6) is -0.914. The summed E-state index contributed by atoms with van der Waals surface area (Å²) in [6.07, 6.45) is -4.04. The number of amides is 2. The number of nitrogens with one attached hydrogen (secondary N) is 1. The number of halogens is 3. The van der Waals surface area contributed by atoms with Gasteiger partial charge in [0.25, 0.3) is 11.8 Å². The maximum absolute atomic E-state index is 13.1. The van der Waals surface area contributed by atoms with Gasteiger partial charge in [-0.2, -0.15) is 13.2 Å². The molecule has 3 aromatic rings. The van der Waals surface area contributed by atoms with Gasteiger partial charge in [-0.25, -0.2) is 4.98 Å². The highest BCUT2D eigenvalue weighted by Crippen LogP contribution is 2.34. The third-order valence-corrected chi connectivity index (χ3v) is 5.20. The molecule has 1 aliphatic rings. The SMILES string of the molecule is O=C(Nc1cccc2c1C(=O)N(c1cccc(C(F)(F)F)c1)CC2)c1cscn1. The van der Waals surface area contributed by atoms with Gasteiger partial charge in [-0.3, -0.25) is 9.59 Å². The topological polar surface area (TPSA) is 62.3 Å². The minimum absolute atomic E-state index is 0.163. The Kier molecular flexibility index (Phi) is 4.83. The van der Waals surface area contributed by atoms with E-state index in [1.807, 2.05) is 0 Å². The molecule has 0 unspecified atom stereocenters. The molecule has 0 bridgehead atoms. The van der Waals surface area contributed by atoms with E-state index in [1.54, 1.807) is 23.6 Å². The monoisotopic (exact) mass is 417 g/mol. The number of thiazole rings is 1. The van der Waals surface area contributed by atoms with Gasteiger partial charge < -0.3 is 10.2 Å². The molecule has 9 heteroatoms. The van der Waals surface area contributed by atoms with Crippen LogP contribution in [0.5, 0.6) is 0 Å². The van der Waals surface area contributed by atoms with Gasteiger partial charge in [0.05, 0.1) is 22.3 Å². The minimum Gasteiger partial charge on any atom is -0.320 e. The molecular weight excluding hydrogens is 403 g/mol. The Morgan fingerprint density at radius 3 is 2.69 bits per heavy atom. The van der Waals surface area contributed by atoms with Crippen LogP contribution in [-0.4, -0.2) is 23.3 Å². The van der Waals surface area contributed by atoms with Crippen molar-refractivity contribution in [3.05, 3.63) is 75.7 Å². The molecular formula is C20H14F3N3O2S. The zero-order valence-corrected chi connectivity index (χ0v) is 15.7. The quantitative estimate of drug-likeness (QED) is 0.677. The number of hydrogen-bond donors (Lipinski definition) is 1. The van der Waals surface area contributed by atoms with Crippen LogP contribution in [0.3, 0.4) is 0 Å². The summed E-state index contributed by atoms with van der Waals surface area (Å²) in [6.45, 7) is 0.247. The number of anilines is 2. The number of fused-ring (bicyclic) bond motifs is 1. The molecule has 148 valence electrons. The van der Waals surface area contributed by atoms with Gasteiger partial charge in [-0.15, -0.1) is 11.3 Å². The molecule has 29 heavy (non-hydrogen) atoms. The number of carbonyl (C=O) groups is 2. The molecule has 2 heterocycles. The summed E-state index contributed by atoms with van der Waals surface area (Å²) >= 11 is 1.27. The van der Waals surface area contributed by atoms with Crippen LogP contribution >= 0.6 is 11.3 Å². The van der Waals surface area contributed by atoms with E-state index in [-0.39, 0.29) is 23.5 Å². The lowest BCUT2D eigenvalue weighted by Crippen LogP contribution is -2.38. The van der Waals surface area contributed by atoms with E-state index in [4.69, 9.17) is 0 Å². The van der Waals surface area contributed by atoms with Crippen LogP contribution in [0.15, 0.2) is 53.4 Å². The molecule has 0 atom stereocenters. The van der Waals surface area contributed by atoms with Crippen LogP contribution in [0.4, 0.5) is 24.5 Å². The van der Waals surface area contributed by atoms with Crippen molar-refractivity contribution in [2.24, 2.45) is 0 Å². The molecule has 1 aliphatic heterocycles. The second-order valence-electron chi connectivity index (χ2n) is 6.42. The maximum atomic E-state index is 13.1. The van der Waals surface area contributed by atoms with Crippen LogP contribution in [0, 0.1) is 0 Å². The number of nitrogens with zero attached hydrogens (tertiary/aromatic N) is 2. The van der Waals surface area contributed by atoms with E-state index in [1.165, 1.54) is 33.9 Å². The third-order valence-electron chi connectivity index (χ3n) is 4.61. The highest BCUT2D eigenvalue weighted by atomic mass is 32.1. The van der Waals surface area contributed by atoms with Gasteiger partial charge >= 0.3 is 6.18 Å². The Balaban J connectivity index is 1.68. The van der Waals surface area contributed by atoms with Crippen molar-refractivity contribution in [3.8, 4) is 0 Å². The van der Waals surface area contributed by atoms with Crippen LogP contribution in [0.2, 0.25) is 0 Å². The highest BCUT2D eigenvalue weighted by molar-refractivity contribution is 7.07. The lowest BCUT2D eigenvalue weighted by Gasteiger charge is -2.30. The minimum atomic E-state index is -4.50. The average molecular weight is 417 g/mol. The lowest BCUT2D eigenvalue weighted by atomic mass is 9.96. The van der Waals surface area contributed by atoms with E-state index in [0.29, 0.717) is 12.1 Å². The first-order chi connectivity index (χ1) is 13.8. The summed E-state index contributed by atoms with van der Waals surface area (Å²) in [5, 5.41) is 4.27. The molecule has 0 saturated heterocycles. The number of benzene rings is 2. The Bertz CT molecular complexity index is 1080. The van der Waals surface area contributed by atoms with Gasteiger partial charge in [0.2, 0.25) is 0 Å². The van der Waals surface area contributed by atoms with Crippen molar-refractivity contribution >= 4 is 34.5 Å². The molecule has 0 saturated carbocycles. The molecule has 1 aromatic heterocycles. The molecule has 1 N–H and O–H groups in total. The van der Waals surface area contributed by atoms with E-state index in [2.05, 4.69) is 10.3 Å². The number of hydrogen-bond acceptors (Lipinski definition) is 4. The fourth-order valence-corrected chi connectivity index (χ4v) is 3.77. The molecule has 2 amide bonds. The van der Waals surface area contributed by atoms with Crippen molar-refractivity contribution in [2.45, 2.75) is 12.6 Å². The maximum Gasteiger partial charge on any atom is 0.416 e. The average Bonchev–Trinajstić information content (AvgIpc) is 3.23. The Hall–Kier alpha value is -3.20. The van der Waals surface area contributed by atoms with Gasteiger partial charge in [0.1, 0.15) is 5.69 Å². The van der Waals surface area contributed by atoms with E-state index < -0.39 is 23.6 Å². The molecule has 0 radical (unpaired) electrons. The number of aromatic nitrogens is 1. The zero-order chi connectivity index (χ0) is 20.6. The first kappa shape index (κ1) is 19.1. The fraction of sp³-hybridized carbons (Fsp3) is 0.150. The van der Waals surface area contributed by atoms with Crippen molar-refractivity contribution in [1.29, 1.82) is 0 Å². The van der Waals surface area contributed by atoms with E-state index >= 15 is 0 Å². The van der Waals surface area contributed by atoms with Gasteiger partial charge in [0, 0.05) is 17.6 Å². The van der Waals surface area contributed by atoms with Crippen molar-refractivity contribution < 1.29 is 22.8 Å². The molecule has 2 aromatic carbocycles. The van der Waals surface area contributed by atoms with Crippen molar-refractivity contribution in [2.75, 3.05) is 16.8 Å². The predicted molar refractivity (Wildman–Crippen MR) is 103 cm³/mol. The van der Waals surface area contributed by atoms with E-state index in [9.17, 15) is 22.8 Å². The normalized spacial score (nSPS) is 13.9. The Morgan fingerprint density at radius 1 is 1.17 bits per heavy atom. The largest absolute Gasteiger partial charge is 0.416 e. The van der Waals surface area contributed by atoms with Crippen LogP contribution in [0.25, 0.3) is 0 Å². The standard InChI is InChI=1S/C20H14F3N3O2S/c21-20(22,23)13-4-2-5-14(9-13)26-8-7-12-3-1-6-15(17(12)19(26)28)25-18(27)16-10-29-11-24-16/h1-6,9-11H,7-8H2,(H,25,27). The zero-order valence-electron chi connectivity index (χ0n) is 14.9. The molecule has 0 spiro atoms. The third kappa shape index (κ3) is 3.73. The van der Waals surface area contributed by atoms with Gasteiger partial charge in [0.15, 0.2) is 0 Å². The summed E-state index contributed by atoms with van der Waals surface area (Å²) in [4.78, 5) is 30.7. The van der Waals surface area contributed by atoms with Gasteiger partial charge in [-0.05, 0) is 36.2 Å². The number of carbonyl (C=O) groups excluding carboxylic acids is 2. The molecule has 0 fully saturated rings. The summed E-state index contributed by atoms with van der Waals surface area (Å²) in [7, 11) is 0. The summed E-state index contributed by atoms with van der Waals surface area (Å²) in [5.41, 5.74) is 2.41. The summed E-state index contributed by atoms with van der Waals surface area (Å²) in [6, 6.07) is 9.75. The Morgan fingerprint density at radius 2 is 1.97 bits per heavy atom. The first-order valence-electron chi connectivity index (χ1n) is 8.65. The second kappa shape index (κ2) is 7.32. The van der Waals surface area contributed by atoms with E-state index in [0.717, 1.165) is 17.7 Å². The second-order valence-corrected chi connectivity index (χ2v) is 7.14. The summed E-state index contributed by atoms with van der Waals surface area (Å²) < 4.78 is 39.2. The first-order valence-corrected chi connectivity index (χ1v) is 9.59. The predicted octanol–water partition coefficient (Wildman–Crippen LogP) is 4.62. The molecule has 0 aliphatic carbocycles. The lowest BCUT2D eigenvalue weighted by molar-refractivity contribution is -0.137. The number of rotatable bonds is 3. The smallest absolute Gasteiger partial charge is 0.320 e. The highest BCUT2D eigenvalue weighted by Gasteiger charge is 2.33. The fourth-order valence-electron chi connectivity index (χ4n) is 3.24. The van der Waals surface area contributed by atoms with Crippen LogP contribution < -0.4 is 10.2 Å². The molecule has 5 nitrogen and oxygen atoms in total. The van der Waals surface area contributed by atoms with Gasteiger partial charge in [-0.1, -0.05) is 18.2 Å². The Labute approximate surface area is 167 Å². The number of alkyl halides is 3.